The zero-order chi connectivity index (χ0) is 20.1. The molecule has 1 N–H and O–H groups in total. The van der Waals surface area contributed by atoms with E-state index in [0.717, 1.165) is 22.5 Å². The largest absolute Gasteiger partial charge is 0.497 e. The van der Waals surface area contributed by atoms with Gasteiger partial charge in [0.25, 0.3) is 0 Å². The molecule has 0 saturated carbocycles. The summed E-state index contributed by atoms with van der Waals surface area (Å²) in [5, 5.41) is 3.43. The zero-order valence-corrected chi connectivity index (χ0v) is 16.9. The first-order valence-corrected chi connectivity index (χ1v) is 9.36. The maximum absolute atomic E-state index is 12.6. The molecule has 2 aliphatic heterocycles. The average molecular weight is 379 g/mol. The van der Waals surface area contributed by atoms with Gasteiger partial charge < -0.3 is 19.5 Å². The molecule has 0 amide bonds. The van der Waals surface area contributed by atoms with Crippen molar-refractivity contribution in [2.45, 2.75) is 32.1 Å². The SMILES string of the molecule is COc1cc(OC)cc(C2C3=C(COC3=O)Nc3cc(C(C)(C)C)ccc32)c1. The number of methoxy groups -OCH3 is 2. The molecule has 0 saturated heterocycles. The van der Waals surface area contributed by atoms with E-state index >= 15 is 0 Å². The Balaban J connectivity index is 1.92. The van der Waals surface area contributed by atoms with Gasteiger partial charge in [-0.1, -0.05) is 32.9 Å². The highest BCUT2D eigenvalue weighted by Crippen LogP contribution is 2.46. The van der Waals surface area contributed by atoms with Gasteiger partial charge in [-0.05, 0) is 40.3 Å². The van der Waals surface area contributed by atoms with E-state index in [4.69, 9.17) is 14.2 Å². The number of fused-ring (bicyclic) bond motifs is 1. The first-order chi connectivity index (χ1) is 13.3. The van der Waals surface area contributed by atoms with Crippen LogP contribution < -0.4 is 14.8 Å². The molecule has 0 radical (unpaired) electrons. The van der Waals surface area contributed by atoms with Crippen LogP contribution in [0.4, 0.5) is 5.69 Å². The summed E-state index contributed by atoms with van der Waals surface area (Å²) in [5.41, 5.74) is 5.74. The second kappa shape index (κ2) is 6.59. The highest BCUT2D eigenvalue weighted by Gasteiger charge is 2.39. The summed E-state index contributed by atoms with van der Waals surface area (Å²) in [6.45, 7) is 6.84. The molecule has 1 atom stereocenters. The van der Waals surface area contributed by atoms with E-state index in [1.54, 1.807) is 14.2 Å². The Morgan fingerprint density at radius 1 is 1.04 bits per heavy atom. The number of anilines is 1. The van der Waals surface area contributed by atoms with E-state index in [9.17, 15) is 4.79 Å². The number of hydrogen-bond acceptors (Lipinski definition) is 5. The molecule has 0 bridgehead atoms. The van der Waals surface area contributed by atoms with E-state index in [1.807, 2.05) is 18.2 Å². The molecular formula is C23H25NO4. The first kappa shape index (κ1) is 18.4. The lowest BCUT2D eigenvalue weighted by Gasteiger charge is -2.30. The Morgan fingerprint density at radius 2 is 1.71 bits per heavy atom. The molecule has 2 aromatic carbocycles. The quantitative estimate of drug-likeness (QED) is 0.803. The van der Waals surface area contributed by atoms with Crippen molar-refractivity contribution >= 4 is 11.7 Å². The van der Waals surface area contributed by atoms with Crippen molar-refractivity contribution in [2.24, 2.45) is 0 Å². The topological polar surface area (TPSA) is 56.8 Å². The van der Waals surface area contributed by atoms with Gasteiger partial charge in [0.15, 0.2) is 0 Å². The number of rotatable bonds is 3. The molecule has 4 rings (SSSR count). The van der Waals surface area contributed by atoms with Crippen LogP contribution in [-0.2, 0) is 14.9 Å². The maximum atomic E-state index is 12.6. The lowest BCUT2D eigenvalue weighted by molar-refractivity contribution is -0.136. The molecule has 0 spiro atoms. The Morgan fingerprint density at radius 3 is 2.32 bits per heavy atom. The second-order valence-corrected chi connectivity index (χ2v) is 8.22. The van der Waals surface area contributed by atoms with Crippen molar-refractivity contribution in [1.29, 1.82) is 0 Å². The molecule has 28 heavy (non-hydrogen) atoms. The Hall–Kier alpha value is -2.95. The van der Waals surface area contributed by atoms with E-state index < -0.39 is 0 Å². The Kier molecular flexibility index (Phi) is 4.33. The molecule has 5 nitrogen and oxygen atoms in total. The standard InChI is InChI=1S/C23H25NO4/c1-23(2,3)14-6-7-17-18(10-14)24-19-12-28-22(25)21(19)20(17)13-8-15(26-4)11-16(9-13)27-5/h6-11,20,24H,12H2,1-5H3. The van der Waals surface area contributed by atoms with Crippen LogP contribution in [0.2, 0.25) is 0 Å². The second-order valence-electron chi connectivity index (χ2n) is 8.22. The van der Waals surface area contributed by atoms with Crippen LogP contribution in [0, 0.1) is 0 Å². The van der Waals surface area contributed by atoms with Crippen molar-refractivity contribution in [3.8, 4) is 11.5 Å². The molecule has 2 aliphatic rings. The van der Waals surface area contributed by atoms with E-state index in [0.29, 0.717) is 17.1 Å². The fraction of sp³-hybridized carbons (Fsp3) is 0.348. The van der Waals surface area contributed by atoms with Crippen molar-refractivity contribution < 1.29 is 19.0 Å². The van der Waals surface area contributed by atoms with Gasteiger partial charge in [0.1, 0.15) is 18.1 Å². The minimum absolute atomic E-state index is 0.0298. The smallest absolute Gasteiger partial charge is 0.337 e. The fourth-order valence-corrected chi connectivity index (χ4v) is 3.86. The Bertz CT molecular complexity index is 962. The summed E-state index contributed by atoms with van der Waals surface area (Å²) in [7, 11) is 3.25. The number of carbonyl (C=O) groups excluding carboxylic acids is 1. The number of ether oxygens (including phenoxy) is 3. The molecule has 0 aromatic heterocycles. The number of carbonyl (C=O) groups is 1. The summed E-state index contributed by atoms with van der Waals surface area (Å²) in [6.07, 6.45) is 0. The minimum Gasteiger partial charge on any atom is -0.497 e. The third-order valence-electron chi connectivity index (χ3n) is 5.40. The van der Waals surface area contributed by atoms with E-state index in [-0.39, 0.29) is 23.9 Å². The first-order valence-electron chi connectivity index (χ1n) is 9.36. The van der Waals surface area contributed by atoms with Crippen LogP contribution >= 0.6 is 0 Å². The van der Waals surface area contributed by atoms with Crippen molar-refractivity contribution in [3.63, 3.8) is 0 Å². The number of cyclic esters (lactones) is 1. The molecule has 5 heteroatoms. The third kappa shape index (κ3) is 3.01. The predicted molar refractivity (Wildman–Crippen MR) is 108 cm³/mol. The molecule has 1 unspecified atom stereocenters. The van der Waals surface area contributed by atoms with Gasteiger partial charge in [-0.2, -0.15) is 0 Å². The average Bonchev–Trinajstić information content (AvgIpc) is 3.04. The minimum atomic E-state index is -0.278. The van der Waals surface area contributed by atoms with Crippen LogP contribution in [0.25, 0.3) is 0 Å². The molecule has 146 valence electrons. The molecule has 0 aliphatic carbocycles. The summed E-state index contributed by atoms with van der Waals surface area (Å²) in [5.74, 6) is 0.864. The monoisotopic (exact) mass is 379 g/mol. The van der Waals surface area contributed by atoms with Crippen LogP contribution in [0.1, 0.15) is 43.4 Å². The van der Waals surface area contributed by atoms with Gasteiger partial charge in [-0.3, -0.25) is 0 Å². The van der Waals surface area contributed by atoms with Crippen LogP contribution in [0.3, 0.4) is 0 Å². The van der Waals surface area contributed by atoms with E-state index in [2.05, 4.69) is 44.3 Å². The highest BCUT2D eigenvalue weighted by molar-refractivity contribution is 5.97. The lowest BCUT2D eigenvalue weighted by atomic mass is 9.78. The number of esters is 1. The van der Waals surface area contributed by atoms with Gasteiger partial charge in [-0.15, -0.1) is 0 Å². The van der Waals surface area contributed by atoms with Crippen LogP contribution in [-0.4, -0.2) is 26.8 Å². The highest BCUT2D eigenvalue weighted by atomic mass is 16.5. The summed E-state index contributed by atoms with van der Waals surface area (Å²) >= 11 is 0. The number of nitrogens with one attached hydrogen (secondary N) is 1. The Labute approximate surface area is 165 Å². The fourth-order valence-electron chi connectivity index (χ4n) is 3.86. The molecule has 2 aromatic rings. The molecular weight excluding hydrogens is 354 g/mol. The van der Waals surface area contributed by atoms with Gasteiger partial charge >= 0.3 is 5.97 Å². The number of hydrogen-bond donors (Lipinski definition) is 1. The zero-order valence-electron chi connectivity index (χ0n) is 16.9. The number of benzene rings is 2. The molecule has 0 fully saturated rings. The summed E-state index contributed by atoms with van der Waals surface area (Å²) in [6, 6.07) is 12.2. The summed E-state index contributed by atoms with van der Waals surface area (Å²) < 4.78 is 16.3. The third-order valence-corrected chi connectivity index (χ3v) is 5.40. The summed E-state index contributed by atoms with van der Waals surface area (Å²) in [4.78, 5) is 12.6. The van der Waals surface area contributed by atoms with Gasteiger partial charge in [0, 0.05) is 17.7 Å². The lowest BCUT2D eigenvalue weighted by Crippen LogP contribution is -2.21. The van der Waals surface area contributed by atoms with Gasteiger partial charge in [0.2, 0.25) is 0 Å². The van der Waals surface area contributed by atoms with Gasteiger partial charge in [-0.25, -0.2) is 4.79 Å². The molecule has 2 heterocycles. The maximum Gasteiger partial charge on any atom is 0.337 e. The van der Waals surface area contributed by atoms with Crippen LogP contribution in [0.15, 0.2) is 47.7 Å². The predicted octanol–water partition coefficient (Wildman–Crippen LogP) is 4.37. The van der Waals surface area contributed by atoms with Crippen LogP contribution in [0.5, 0.6) is 11.5 Å². The normalized spacial score (nSPS) is 18.2. The van der Waals surface area contributed by atoms with Crippen molar-refractivity contribution in [1.82, 2.24) is 0 Å². The van der Waals surface area contributed by atoms with Gasteiger partial charge in [0.05, 0.1) is 25.5 Å². The van der Waals surface area contributed by atoms with E-state index in [1.165, 1.54) is 5.56 Å². The van der Waals surface area contributed by atoms with Crippen molar-refractivity contribution in [3.05, 3.63) is 64.4 Å². The van der Waals surface area contributed by atoms with Crippen molar-refractivity contribution in [2.75, 3.05) is 26.1 Å².